The van der Waals surface area contributed by atoms with Crippen LogP contribution >= 0.6 is 0 Å². The number of carbonyl (C=O) groups excluding carboxylic acids is 4. The van der Waals surface area contributed by atoms with Crippen molar-refractivity contribution in [2.24, 2.45) is 0 Å². The third-order valence-electron chi connectivity index (χ3n) is 10.9. The number of anilines is 1. The molecule has 0 aliphatic carbocycles. The van der Waals surface area contributed by atoms with Crippen LogP contribution in [0.25, 0.3) is 43.1 Å². The minimum Gasteiger partial charge on any atom is -0.271 e. The average Bonchev–Trinajstić information content (AvgIpc) is 3.13. The van der Waals surface area contributed by atoms with Gasteiger partial charge in [-0.1, -0.05) is 89.5 Å². The van der Waals surface area contributed by atoms with Crippen LogP contribution < -0.4 is 4.90 Å². The monoisotopic (exact) mass is 666 g/mol. The quantitative estimate of drug-likeness (QED) is 0.0564. The summed E-state index contributed by atoms with van der Waals surface area (Å²) < 4.78 is 13.7. The van der Waals surface area contributed by atoms with E-state index in [2.05, 4.69) is 13.8 Å². The molecule has 0 atom stereocenters. The molecule has 7 heteroatoms. The number of halogens is 1. The van der Waals surface area contributed by atoms with Crippen molar-refractivity contribution in [2.75, 3.05) is 4.90 Å². The molecule has 0 fully saturated rings. The van der Waals surface area contributed by atoms with Gasteiger partial charge in [-0.15, -0.1) is 0 Å². The lowest BCUT2D eigenvalue weighted by atomic mass is 9.82. The topological polar surface area (TPSA) is 74.8 Å². The minimum atomic E-state index is -0.468. The van der Waals surface area contributed by atoms with Gasteiger partial charge in [-0.2, -0.15) is 0 Å². The molecule has 0 saturated heterocycles. The molecule has 0 spiro atoms. The molecule has 2 aliphatic rings. The highest BCUT2D eigenvalue weighted by molar-refractivity contribution is 6.43. The summed E-state index contributed by atoms with van der Waals surface area (Å²) in [7, 11) is 0. The van der Waals surface area contributed by atoms with Crippen LogP contribution in [-0.2, 0) is 0 Å². The molecule has 6 nitrogen and oxygen atoms in total. The van der Waals surface area contributed by atoms with Gasteiger partial charge >= 0.3 is 0 Å². The first-order valence-electron chi connectivity index (χ1n) is 18.1. The lowest BCUT2D eigenvalue weighted by molar-refractivity contribution is 0.0516. The number of hydrogen-bond donors (Lipinski definition) is 0. The molecule has 50 heavy (non-hydrogen) atoms. The van der Waals surface area contributed by atoms with E-state index in [0.29, 0.717) is 38.7 Å². The maximum Gasteiger partial charge on any atom is 0.265 e. The first kappa shape index (κ1) is 32.1. The van der Waals surface area contributed by atoms with Crippen molar-refractivity contribution in [2.45, 2.75) is 84.1 Å². The van der Waals surface area contributed by atoms with E-state index in [-0.39, 0.29) is 17.9 Å². The highest BCUT2D eigenvalue weighted by Crippen LogP contribution is 2.47. The Hall–Kier alpha value is -5.17. The number of carbonyl (C=O) groups is 4. The second-order valence-corrected chi connectivity index (χ2v) is 13.9. The van der Waals surface area contributed by atoms with E-state index in [0.717, 1.165) is 101 Å². The van der Waals surface area contributed by atoms with E-state index in [1.807, 2.05) is 36.4 Å². The van der Waals surface area contributed by atoms with E-state index in [4.69, 9.17) is 0 Å². The van der Waals surface area contributed by atoms with Crippen LogP contribution in [0.15, 0.2) is 72.8 Å². The van der Waals surface area contributed by atoms with E-state index in [1.165, 1.54) is 24.3 Å². The smallest absolute Gasteiger partial charge is 0.265 e. The summed E-state index contributed by atoms with van der Waals surface area (Å²) in [5.41, 5.74) is 2.17. The van der Waals surface area contributed by atoms with E-state index in [9.17, 15) is 23.6 Å². The van der Waals surface area contributed by atoms with Gasteiger partial charge in [0.05, 0.1) is 5.69 Å². The van der Waals surface area contributed by atoms with Crippen molar-refractivity contribution < 1.29 is 23.6 Å². The summed E-state index contributed by atoms with van der Waals surface area (Å²) in [6, 6.07) is 20.1. The predicted molar refractivity (Wildman–Crippen MR) is 197 cm³/mol. The van der Waals surface area contributed by atoms with Gasteiger partial charge < -0.3 is 0 Å². The summed E-state index contributed by atoms with van der Waals surface area (Å²) >= 11 is 0. The van der Waals surface area contributed by atoms with Crippen LogP contribution in [0.5, 0.6) is 0 Å². The van der Waals surface area contributed by atoms with Crippen molar-refractivity contribution in [3.05, 3.63) is 101 Å². The molecule has 252 valence electrons. The summed E-state index contributed by atoms with van der Waals surface area (Å²) in [5, 5.41) is 6.32. The van der Waals surface area contributed by atoms with E-state index in [1.54, 1.807) is 17.0 Å². The molecule has 8 rings (SSSR count). The van der Waals surface area contributed by atoms with Gasteiger partial charge in [0.1, 0.15) is 5.82 Å². The van der Waals surface area contributed by atoms with E-state index < -0.39 is 17.6 Å². The van der Waals surface area contributed by atoms with Gasteiger partial charge in [0.15, 0.2) is 0 Å². The number of fused-ring (bicyclic) bond motifs is 2. The van der Waals surface area contributed by atoms with Crippen molar-refractivity contribution in [1.82, 2.24) is 4.90 Å². The van der Waals surface area contributed by atoms with Crippen molar-refractivity contribution in [1.29, 1.82) is 0 Å². The molecule has 6 aromatic carbocycles. The summed E-state index contributed by atoms with van der Waals surface area (Å²) in [5.74, 6) is -1.84. The van der Waals surface area contributed by atoms with Gasteiger partial charge in [-0.25, -0.2) is 9.29 Å². The van der Waals surface area contributed by atoms with Gasteiger partial charge in [0.2, 0.25) is 0 Å². The van der Waals surface area contributed by atoms with Crippen LogP contribution in [0.1, 0.15) is 119 Å². The molecule has 2 heterocycles. The Morgan fingerprint density at radius 2 is 0.880 bits per heavy atom. The minimum absolute atomic E-state index is 0.138. The number of imide groups is 2. The zero-order valence-electron chi connectivity index (χ0n) is 28.5. The zero-order valence-corrected chi connectivity index (χ0v) is 28.5. The third-order valence-corrected chi connectivity index (χ3v) is 10.9. The van der Waals surface area contributed by atoms with Crippen LogP contribution in [0.3, 0.4) is 0 Å². The maximum atomic E-state index is 14.4. The van der Waals surface area contributed by atoms with Gasteiger partial charge in [-0.3, -0.25) is 24.1 Å². The standard InChI is InChI=1S/C43H39FN2O4/c1-3-5-7-9-11-26(12-10-8-6-4-2)45-40(47)32-21-17-28-30-19-23-34-39-35(43(50)46(42(34)49)27-15-13-25(44)14-16-27)24-20-31(37(30)39)29-18-22-33(41(45)48)38(32)36(28)29/h13-24,26H,3-12H2,1-2H3. The van der Waals surface area contributed by atoms with Gasteiger partial charge in [0, 0.05) is 39.1 Å². The molecule has 4 amide bonds. The molecule has 6 aromatic rings. The normalized spacial score (nSPS) is 14.6. The molecule has 0 N–H and O–H groups in total. The summed E-state index contributed by atoms with van der Waals surface area (Å²) in [4.78, 5) is 59.2. The van der Waals surface area contributed by atoms with Crippen LogP contribution in [0.2, 0.25) is 0 Å². The average molecular weight is 667 g/mol. The molecule has 0 unspecified atom stereocenters. The van der Waals surface area contributed by atoms with E-state index >= 15 is 0 Å². The Balaban J connectivity index is 1.26. The van der Waals surface area contributed by atoms with Crippen molar-refractivity contribution in [3.8, 4) is 0 Å². The first-order valence-corrected chi connectivity index (χ1v) is 18.1. The number of hydrogen-bond acceptors (Lipinski definition) is 4. The van der Waals surface area contributed by atoms with Crippen LogP contribution in [-0.4, -0.2) is 34.6 Å². The number of benzene rings is 6. The zero-order chi connectivity index (χ0) is 34.7. The number of unbranched alkanes of at least 4 members (excludes halogenated alkanes) is 6. The lowest BCUT2D eigenvalue weighted by Gasteiger charge is -2.35. The molecule has 0 saturated carbocycles. The predicted octanol–water partition coefficient (Wildman–Crippen LogP) is 10.6. The number of nitrogens with zero attached hydrogens (tertiary/aromatic N) is 2. The largest absolute Gasteiger partial charge is 0.271 e. The fraction of sp³-hybridized carbons (Fsp3) is 0.302. The van der Waals surface area contributed by atoms with Crippen molar-refractivity contribution in [3.63, 3.8) is 0 Å². The summed E-state index contributed by atoms with van der Waals surface area (Å²) in [6.45, 7) is 4.37. The molecule has 2 aliphatic heterocycles. The fourth-order valence-corrected chi connectivity index (χ4v) is 8.46. The van der Waals surface area contributed by atoms with Crippen molar-refractivity contribution >= 4 is 72.4 Å². The Morgan fingerprint density at radius 3 is 1.28 bits per heavy atom. The molecule has 0 aromatic heterocycles. The second kappa shape index (κ2) is 12.6. The van der Waals surface area contributed by atoms with Crippen LogP contribution in [0, 0.1) is 5.82 Å². The third kappa shape index (κ3) is 4.81. The Labute approximate surface area is 290 Å². The number of rotatable bonds is 12. The Kier molecular flexibility index (Phi) is 8.09. The fourth-order valence-electron chi connectivity index (χ4n) is 8.46. The lowest BCUT2D eigenvalue weighted by Crippen LogP contribution is -2.47. The SMILES string of the molecule is CCCCCCC(CCCCCC)N1C(=O)c2ccc3c4ccc5c6c(ccc(c7ccc(c2c37)C1=O)c64)C(=O)N(c1ccc(F)cc1)C5=O. The Bertz CT molecular complexity index is 2230. The van der Waals surface area contributed by atoms with Gasteiger partial charge in [0.25, 0.3) is 23.6 Å². The molecular weight excluding hydrogens is 627 g/mol. The highest BCUT2D eigenvalue weighted by Gasteiger charge is 2.39. The Morgan fingerprint density at radius 1 is 0.480 bits per heavy atom. The molecular formula is C43H39FN2O4. The highest BCUT2D eigenvalue weighted by atomic mass is 19.1. The first-order chi connectivity index (χ1) is 24.3. The summed E-state index contributed by atoms with van der Waals surface area (Å²) in [6.07, 6.45) is 10.3. The number of amides is 4. The van der Waals surface area contributed by atoms with Crippen LogP contribution in [0.4, 0.5) is 10.1 Å². The van der Waals surface area contributed by atoms with Gasteiger partial charge in [-0.05, 0) is 93.7 Å². The molecule has 0 radical (unpaired) electrons. The maximum absolute atomic E-state index is 14.4. The second-order valence-electron chi connectivity index (χ2n) is 13.9. The molecule has 0 bridgehead atoms.